The molecule has 1 aliphatic heterocycles. The minimum atomic E-state index is -3.42. The van der Waals surface area contributed by atoms with Crippen LogP contribution in [0.25, 0.3) is 0 Å². The lowest BCUT2D eigenvalue weighted by Crippen LogP contribution is -2.53. The molecule has 0 saturated carbocycles. The fraction of sp³-hybridized carbons (Fsp3) is 0.450. The van der Waals surface area contributed by atoms with Gasteiger partial charge in [0.15, 0.2) is 0 Å². The second-order valence-electron chi connectivity index (χ2n) is 7.31. The van der Waals surface area contributed by atoms with Gasteiger partial charge in [0.2, 0.25) is 5.91 Å². The topological polar surface area (TPSA) is 69.7 Å². The van der Waals surface area contributed by atoms with E-state index in [0.717, 1.165) is 5.69 Å². The predicted octanol–water partition coefficient (Wildman–Crippen LogP) is 3.21. The van der Waals surface area contributed by atoms with Crippen LogP contribution in [0.3, 0.4) is 0 Å². The van der Waals surface area contributed by atoms with Crippen LogP contribution in [0.15, 0.2) is 46.0 Å². The third-order valence-corrected chi connectivity index (χ3v) is 8.41. The molecule has 0 radical (unpaired) electrons. The van der Waals surface area contributed by atoms with Crippen LogP contribution >= 0.6 is 11.3 Å². The Labute approximate surface area is 171 Å². The van der Waals surface area contributed by atoms with Gasteiger partial charge in [-0.25, -0.2) is 8.42 Å². The summed E-state index contributed by atoms with van der Waals surface area (Å²) in [6, 6.07) is 11.0. The Morgan fingerprint density at radius 1 is 1.04 bits per heavy atom. The molecular formula is C20H27N3O3S2. The van der Waals surface area contributed by atoms with Crippen LogP contribution in [0.2, 0.25) is 0 Å². The molecule has 0 bridgehead atoms. The van der Waals surface area contributed by atoms with Crippen LogP contribution in [-0.4, -0.2) is 55.8 Å². The summed E-state index contributed by atoms with van der Waals surface area (Å²) < 4.78 is 27.1. The van der Waals surface area contributed by atoms with Gasteiger partial charge in [-0.15, -0.1) is 11.3 Å². The van der Waals surface area contributed by atoms with Crippen molar-refractivity contribution in [1.29, 1.82) is 0 Å². The molecule has 0 aliphatic carbocycles. The largest absolute Gasteiger partial charge is 0.325 e. The normalized spacial score (nSPS) is 17.6. The molecule has 1 atom stereocenters. The molecule has 1 aromatic carbocycles. The lowest BCUT2D eigenvalue weighted by molar-refractivity contribution is -0.121. The molecule has 1 amide bonds. The molecule has 1 saturated heterocycles. The summed E-state index contributed by atoms with van der Waals surface area (Å²) in [5, 5.41) is 4.73. The third-order valence-electron chi connectivity index (χ3n) is 5.13. The first kappa shape index (κ1) is 21.0. The summed E-state index contributed by atoms with van der Waals surface area (Å²) in [6.45, 7) is 7.97. The SMILES string of the molecule is CC(C)c1ccc(NC(=O)[C@@H](C)N2CCN(S(=O)(=O)c3cccs3)CC2)cc1. The first-order chi connectivity index (χ1) is 13.3. The van der Waals surface area contributed by atoms with Gasteiger partial charge in [0, 0.05) is 31.9 Å². The molecule has 3 rings (SSSR count). The maximum atomic E-state index is 12.6. The van der Waals surface area contributed by atoms with E-state index >= 15 is 0 Å². The Kier molecular flexibility index (Phi) is 6.54. The number of hydrogen-bond acceptors (Lipinski definition) is 5. The standard InChI is InChI=1S/C20H27N3O3S2/c1-15(2)17-6-8-18(9-7-17)21-20(24)16(3)22-10-12-23(13-11-22)28(25,26)19-5-4-14-27-19/h4-9,14-16H,10-13H2,1-3H3,(H,21,24)/t16-/m1/s1. The number of carbonyl (C=O) groups is 1. The predicted molar refractivity (Wildman–Crippen MR) is 113 cm³/mol. The average Bonchev–Trinajstić information content (AvgIpc) is 3.23. The number of rotatable bonds is 6. The molecule has 6 nitrogen and oxygen atoms in total. The van der Waals surface area contributed by atoms with Crippen LogP contribution in [0.1, 0.15) is 32.3 Å². The number of amides is 1. The second-order valence-corrected chi connectivity index (χ2v) is 10.4. The smallest absolute Gasteiger partial charge is 0.252 e. The Morgan fingerprint density at radius 2 is 1.68 bits per heavy atom. The summed E-state index contributed by atoms with van der Waals surface area (Å²) >= 11 is 1.23. The first-order valence-electron chi connectivity index (χ1n) is 9.47. The quantitative estimate of drug-likeness (QED) is 0.778. The molecule has 28 heavy (non-hydrogen) atoms. The fourth-order valence-corrected chi connectivity index (χ4v) is 5.80. The lowest BCUT2D eigenvalue weighted by atomic mass is 10.0. The molecule has 1 aromatic heterocycles. The summed E-state index contributed by atoms with van der Waals surface area (Å²) in [5.74, 6) is 0.372. The molecule has 1 N–H and O–H groups in total. The third kappa shape index (κ3) is 4.63. The zero-order chi connectivity index (χ0) is 20.3. The molecule has 0 unspecified atom stereocenters. The average molecular weight is 422 g/mol. The maximum Gasteiger partial charge on any atom is 0.252 e. The number of thiophene rings is 1. The Balaban J connectivity index is 1.56. The van der Waals surface area contributed by atoms with Crippen LogP contribution in [-0.2, 0) is 14.8 Å². The summed E-state index contributed by atoms with van der Waals surface area (Å²) in [6.07, 6.45) is 0. The molecular weight excluding hydrogens is 394 g/mol. The minimum Gasteiger partial charge on any atom is -0.325 e. The second kappa shape index (κ2) is 8.73. The van der Waals surface area contributed by atoms with E-state index in [2.05, 4.69) is 19.2 Å². The number of hydrogen-bond donors (Lipinski definition) is 1. The van der Waals surface area contributed by atoms with Crippen LogP contribution < -0.4 is 5.32 Å². The summed E-state index contributed by atoms with van der Waals surface area (Å²) in [7, 11) is -3.42. The number of anilines is 1. The Morgan fingerprint density at radius 3 is 2.21 bits per heavy atom. The summed E-state index contributed by atoms with van der Waals surface area (Å²) in [4.78, 5) is 14.6. The van der Waals surface area contributed by atoms with Crippen molar-refractivity contribution in [3.8, 4) is 0 Å². The van der Waals surface area contributed by atoms with Crippen LogP contribution in [0.4, 0.5) is 5.69 Å². The first-order valence-corrected chi connectivity index (χ1v) is 11.8. The molecule has 1 fully saturated rings. The molecule has 1 aliphatic rings. The van der Waals surface area contributed by atoms with E-state index in [-0.39, 0.29) is 11.9 Å². The van der Waals surface area contributed by atoms with Crippen LogP contribution in [0.5, 0.6) is 0 Å². The monoisotopic (exact) mass is 421 g/mol. The van der Waals surface area contributed by atoms with Crippen molar-refractivity contribution >= 4 is 33.0 Å². The van der Waals surface area contributed by atoms with Crippen molar-refractivity contribution < 1.29 is 13.2 Å². The number of sulfonamides is 1. The van der Waals surface area contributed by atoms with Gasteiger partial charge < -0.3 is 5.32 Å². The van der Waals surface area contributed by atoms with E-state index in [1.54, 1.807) is 17.5 Å². The van der Waals surface area contributed by atoms with Gasteiger partial charge in [-0.3, -0.25) is 9.69 Å². The highest BCUT2D eigenvalue weighted by Gasteiger charge is 2.32. The Hall–Kier alpha value is -1.74. The van der Waals surface area contributed by atoms with Gasteiger partial charge in [0.1, 0.15) is 4.21 Å². The molecule has 8 heteroatoms. The van der Waals surface area contributed by atoms with E-state index in [1.807, 2.05) is 36.1 Å². The van der Waals surface area contributed by atoms with E-state index < -0.39 is 10.0 Å². The van der Waals surface area contributed by atoms with Crippen molar-refractivity contribution in [2.75, 3.05) is 31.5 Å². The highest BCUT2D eigenvalue weighted by Crippen LogP contribution is 2.23. The van der Waals surface area contributed by atoms with Crippen LogP contribution in [0, 0.1) is 0 Å². The van der Waals surface area contributed by atoms with E-state index in [1.165, 1.54) is 21.2 Å². The van der Waals surface area contributed by atoms with Crippen molar-refractivity contribution in [3.05, 3.63) is 47.3 Å². The van der Waals surface area contributed by atoms with Gasteiger partial charge in [0.25, 0.3) is 10.0 Å². The van der Waals surface area contributed by atoms with Gasteiger partial charge in [0.05, 0.1) is 6.04 Å². The van der Waals surface area contributed by atoms with Gasteiger partial charge in [-0.1, -0.05) is 32.0 Å². The molecule has 2 heterocycles. The van der Waals surface area contributed by atoms with Gasteiger partial charge in [-0.05, 0) is 42.0 Å². The Bertz CT molecular complexity index is 885. The highest BCUT2D eigenvalue weighted by atomic mass is 32.2. The van der Waals surface area contributed by atoms with Crippen molar-refractivity contribution in [2.45, 2.75) is 36.9 Å². The maximum absolute atomic E-state index is 12.6. The summed E-state index contributed by atoms with van der Waals surface area (Å²) in [5.41, 5.74) is 2.01. The molecule has 0 spiro atoms. The number of nitrogens with one attached hydrogen (secondary N) is 1. The van der Waals surface area contributed by atoms with E-state index in [9.17, 15) is 13.2 Å². The van der Waals surface area contributed by atoms with Crippen molar-refractivity contribution in [1.82, 2.24) is 9.21 Å². The zero-order valence-electron chi connectivity index (χ0n) is 16.5. The lowest BCUT2D eigenvalue weighted by Gasteiger charge is -2.36. The molecule has 152 valence electrons. The fourth-order valence-electron chi connectivity index (χ4n) is 3.23. The van der Waals surface area contributed by atoms with Crippen molar-refractivity contribution in [3.63, 3.8) is 0 Å². The van der Waals surface area contributed by atoms with E-state index in [0.29, 0.717) is 36.3 Å². The number of piperazine rings is 1. The van der Waals surface area contributed by atoms with E-state index in [4.69, 9.17) is 0 Å². The van der Waals surface area contributed by atoms with Gasteiger partial charge >= 0.3 is 0 Å². The number of benzene rings is 1. The van der Waals surface area contributed by atoms with Crippen molar-refractivity contribution in [2.24, 2.45) is 0 Å². The zero-order valence-corrected chi connectivity index (χ0v) is 18.1. The van der Waals surface area contributed by atoms with Gasteiger partial charge in [-0.2, -0.15) is 4.31 Å². The number of nitrogens with zero attached hydrogens (tertiary/aromatic N) is 2. The highest BCUT2D eigenvalue weighted by molar-refractivity contribution is 7.91. The minimum absolute atomic E-state index is 0.0770. The number of carbonyl (C=O) groups excluding carboxylic acids is 1. The molecule has 2 aromatic rings.